The fourth-order valence-electron chi connectivity index (χ4n) is 4.36. The summed E-state index contributed by atoms with van der Waals surface area (Å²) in [4.78, 5) is 17.7. The number of morpholine rings is 1. The first-order valence-corrected chi connectivity index (χ1v) is 13.1. The molecule has 0 spiro atoms. The molecule has 0 bridgehead atoms. The van der Waals surface area contributed by atoms with E-state index in [2.05, 4.69) is 52.5 Å². The van der Waals surface area contributed by atoms with E-state index in [0.717, 1.165) is 68.6 Å². The molecule has 4 rings (SSSR count). The molecule has 1 heterocycles. The van der Waals surface area contributed by atoms with Crippen LogP contribution in [0.3, 0.4) is 0 Å². The van der Waals surface area contributed by atoms with E-state index in [1.54, 1.807) is 12.1 Å². The first-order valence-electron chi connectivity index (χ1n) is 13.1. The van der Waals surface area contributed by atoms with Crippen LogP contribution in [0.5, 0.6) is 5.75 Å². The first-order chi connectivity index (χ1) is 18.1. The fraction of sp³-hybridized carbons (Fsp3) is 0.367. The average molecular weight is 503 g/mol. The van der Waals surface area contributed by atoms with Crippen molar-refractivity contribution in [1.29, 1.82) is 0 Å². The summed E-state index contributed by atoms with van der Waals surface area (Å²) in [6.07, 6.45) is 0. The summed E-state index contributed by atoms with van der Waals surface area (Å²) in [5.74, 6) is 0.538. The van der Waals surface area contributed by atoms with Gasteiger partial charge in [-0.1, -0.05) is 32.0 Å². The lowest BCUT2D eigenvalue weighted by Crippen LogP contribution is -2.36. The maximum absolute atomic E-state index is 13.1. The van der Waals surface area contributed by atoms with Crippen molar-refractivity contribution in [3.05, 3.63) is 77.9 Å². The Hall–Kier alpha value is -3.55. The van der Waals surface area contributed by atoms with Crippen LogP contribution < -0.4 is 20.3 Å². The number of rotatable bonds is 11. The topological polar surface area (TPSA) is 66.1 Å². The first kappa shape index (κ1) is 26.5. The summed E-state index contributed by atoms with van der Waals surface area (Å²) in [6.45, 7) is 13.0. The number of aryl methyl sites for hydroxylation is 1. The van der Waals surface area contributed by atoms with Crippen LogP contribution >= 0.6 is 0 Å². The Morgan fingerprint density at radius 3 is 2.51 bits per heavy atom. The minimum absolute atomic E-state index is 0.163. The van der Waals surface area contributed by atoms with E-state index in [-0.39, 0.29) is 5.91 Å². The van der Waals surface area contributed by atoms with Gasteiger partial charge in [0.15, 0.2) is 0 Å². The third-order valence-corrected chi connectivity index (χ3v) is 6.66. The molecule has 7 heteroatoms. The molecule has 2 N–H and O–H groups in total. The summed E-state index contributed by atoms with van der Waals surface area (Å²) in [5, 5.41) is 6.55. The molecule has 7 nitrogen and oxygen atoms in total. The van der Waals surface area contributed by atoms with E-state index >= 15 is 0 Å². The second kappa shape index (κ2) is 13.1. The van der Waals surface area contributed by atoms with Crippen molar-refractivity contribution in [2.24, 2.45) is 0 Å². The molecule has 37 heavy (non-hydrogen) atoms. The summed E-state index contributed by atoms with van der Waals surface area (Å²) in [7, 11) is 0. The summed E-state index contributed by atoms with van der Waals surface area (Å²) >= 11 is 0. The van der Waals surface area contributed by atoms with E-state index in [1.807, 2.05) is 43.3 Å². The van der Waals surface area contributed by atoms with Gasteiger partial charge < -0.3 is 29.9 Å². The third kappa shape index (κ3) is 7.47. The van der Waals surface area contributed by atoms with Crippen LogP contribution in [0.1, 0.15) is 29.8 Å². The average Bonchev–Trinajstić information content (AvgIpc) is 2.94. The van der Waals surface area contributed by atoms with Gasteiger partial charge in [-0.3, -0.25) is 4.79 Å². The smallest absolute Gasteiger partial charge is 0.255 e. The Morgan fingerprint density at radius 2 is 1.73 bits per heavy atom. The SMILES string of the molecule is CCN(CC)CCOc1cccc(C(=O)Nc2cc(Nc3cccc(N4CCOCC4)c3)ccc2C)c1. The zero-order valence-corrected chi connectivity index (χ0v) is 22.1. The zero-order chi connectivity index (χ0) is 26.0. The summed E-state index contributed by atoms with van der Waals surface area (Å²) in [6, 6.07) is 21.7. The normalized spacial score (nSPS) is 13.5. The second-order valence-electron chi connectivity index (χ2n) is 9.16. The number of ether oxygens (including phenoxy) is 2. The highest BCUT2D eigenvalue weighted by atomic mass is 16.5. The Bertz CT molecular complexity index is 1170. The molecule has 0 atom stereocenters. The molecule has 0 aromatic heterocycles. The van der Waals surface area contributed by atoms with Gasteiger partial charge >= 0.3 is 0 Å². The Labute approximate surface area is 220 Å². The molecule has 0 radical (unpaired) electrons. The highest BCUT2D eigenvalue weighted by Crippen LogP contribution is 2.27. The lowest BCUT2D eigenvalue weighted by atomic mass is 10.1. The third-order valence-electron chi connectivity index (χ3n) is 6.66. The minimum atomic E-state index is -0.163. The number of carbonyl (C=O) groups is 1. The van der Waals surface area contributed by atoms with Crippen LogP contribution in [0, 0.1) is 6.92 Å². The number of nitrogens with one attached hydrogen (secondary N) is 2. The molecule has 1 aliphatic heterocycles. The van der Waals surface area contributed by atoms with Crippen LogP contribution in [0.4, 0.5) is 22.7 Å². The molecular weight excluding hydrogens is 464 g/mol. The largest absolute Gasteiger partial charge is 0.492 e. The van der Waals surface area contributed by atoms with E-state index < -0.39 is 0 Å². The van der Waals surface area contributed by atoms with Gasteiger partial charge in [-0.25, -0.2) is 0 Å². The monoisotopic (exact) mass is 502 g/mol. The van der Waals surface area contributed by atoms with Crippen molar-refractivity contribution in [1.82, 2.24) is 4.90 Å². The molecule has 0 unspecified atom stereocenters. The van der Waals surface area contributed by atoms with Gasteiger partial charge in [-0.2, -0.15) is 0 Å². The number of hydrogen-bond acceptors (Lipinski definition) is 6. The van der Waals surface area contributed by atoms with Gasteiger partial charge in [0.2, 0.25) is 0 Å². The molecule has 0 saturated carbocycles. The number of anilines is 4. The van der Waals surface area contributed by atoms with Crippen molar-refractivity contribution in [2.45, 2.75) is 20.8 Å². The standard InChI is InChI=1S/C30H38N4O3/c1-4-33(5-2)14-19-37-28-11-6-8-24(20-28)30(35)32-29-22-26(13-12-23(29)3)31-25-9-7-10-27(21-25)34-15-17-36-18-16-34/h6-13,20-22,31H,4-5,14-19H2,1-3H3,(H,32,35). The van der Waals surface area contributed by atoms with Gasteiger partial charge in [0, 0.05) is 47.9 Å². The maximum Gasteiger partial charge on any atom is 0.255 e. The van der Waals surface area contributed by atoms with E-state index in [0.29, 0.717) is 17.9 Å². The molecule has 3 aromatic rings. The lowest BCUT2D eigenvalue weighted by Gasteiger charge is -2.29. The number of amides is 1. The molecule has 1 fully saturated rings. The van der Waals surface area contributed by atoms with Crippen molar-refractivity contribution < 1.29 is 14.3 Å². The van der Waals surface area contributed by atoms with E-state index in [9.17, 15) is 4.79 Å². The van der Waals surface area contributed by atoms with Crippen molar-refractivity contribution in [3.63, 3.8) is 0 Å². The van der Waals surface area contributed by atoms with Crippen LogP contribution in [-0.4, -0.2) is 63.4 Å². The quantitative estimate of drug-likeness (QED) is 0.359. The molecule has 1 aliphatic rings. The maximum atomic E-state index is 13.1. The van der Waals surface area contributed by atoms with Crippen LogP contribution in [0.25, 0.3) is 0 Å². The van der Waals surface area contributed by atoms with Crippen molar-refractivity contribution in [3.8, 4) is 5.75 Å². The Morgan fingerprint density at radius 1 is 0.973 bits per heavy atom. The lowest BCUT2D eigenvalue weighted by molar-refractivity contribution is 0.102. The molecule has 196 valence electrons. The minimum Gasteiger partial charge on any atom is -0.492 e. The summed E-state index contributed by atoms with van der Waals surface area (Å²) < 4.78 is 11.4. The summed E-state index contributed by atoms with van der Waals surface area (Å²) in [5.41, 5.74) is 5.41. The number of hydrogen-bond donors (Lipinski definition) is 2. The van der Waals surface area contributed by atoms with Crippen molar-refractivity contribution >= 4 is 28.7 Å². The van der Waals surface area contributed by atoms with E-state index in [4.69, 9.17) is 9.47 Å². The van der Waals surface area contributed by atoms with Gasteiger partial charge in [0.1, 0.15) is 12.4 Å². The molecule has 3 aromatic carbocycles. The fourth-order valence-corrected chi connectivity index (χ4v) is 4.36. The number of nitrogens with zero attached hydrogens (tertiary/aromatic N) is 2. The predicted molar refractivity (Wildman–Crippen MR) is 152 cm³/mol. The number of carbonyl (C=O) groups excluding carboxylic acids is 1. The highest BCUT2D eigenvalue weighted by Gasteiger charge is 2.13. The predicted octanol–water partition coefficient (Wildman–Crippen LogP) is 5.55. The number of benzene rings is 3. The zero-order valence-electron chi connectivity index (χ0n) is 22.1. The molecule has 1 amide bonds. The molecular formula is C30H38N4O3. The van der Waals surface area contributed by atoms with E-state index in [1.165, 1.54) is 5.69 Å². The van der Waals surface area contributed by atoms with Gasteiger partial charge in [-0.05, 0) is 74.1 Å². The van der Waals surface area contributed by atoms with Gasteiger partial charge in [0.25, 0.3) is 5.91 Å². The highest BCUT2D eigenvalue weighted by molar-refractivity contribution is 6.05. The second-order valence-corrected chi connectivity index (χ2v) is 9.16. The molecule has 1 saturated heterocycles. The van der Waals surface area contributed by atoms with Crippen LogP contribution in [0.2, 0.25) is 0 Å². The van der Waals surface area contributed by atoms with Crippen LogP contribution in [-0.2, 0) is 4.74 Å². The van der Waals surface area contributed by atoms with Gasteiger partial charge in [0.05, 0.1) is 13.2 Å². The van der Waals surface area contributed by atoms with Crippen LogP contribution in [0.15, 0.2) is 66.7 Å². The Kier molecular flexibility index (Phi) is 9.40. The number of likely N-dealkylation sites (N-methyl/N-ethyl adjacent to an activating group) is 1. The van der Waals surface area contributed by atoms with Gasteiger partial charge in [-0.15, -0.1) is 0 Å². The van der Waals surface area contributed by atoms with Crippen molar-refractivity contribution in [2.75, 3.05) is 68.1 Å². The molecule has 0 aliphatic carbocycles. The Balaban J connectivity index is 1.40.